The van der Waals surface area contributed by atoms with Crippen LogP contribution in [-0.4, -0.2) is 12.5 Å². The van der Waals surface area contributed by atoms with E-state index in [9.17, 15) is 4.79 Å². The molecule has 0 bridgehead atoms. The minimum Gasteiger partial charge on any atom is -0.356 e. The molecule has 3 heteroatoms. The molecule has 0 spiro atoms. The Hall–Kier alpha value is -2.60. The van der Waals surface area contributed by atoms with Gasteiger partial charge in [-0.15, -0.1) is 0 Å². The van der Waals surface area contributed by atoms with Crippen LogP contribution < -0.4 is 5.32 Å². The molecular formula is C17H16N2O. The van der Waals surface area contributed by atoms with Gasteiger partial charge in [-0.2, -0.15) is 5.26 Å². The SMILES string of the molecule is N#Cc1ccc(-c2ccccc2)cc1.O=C1CCCN1. The fraction of sp³-hybridized carbons (Fsp3) is 0.176. The predicted octanol–water partition coefficient (Wildman–Crippen LogP) is 3.12. The summed E-state index contributed by atoms with van der Waals surface area (Å²) in [6.07, 6.45) is 1.76. The Labute approximate surface area is 118 Å². The Bertz CT molecular complexity index is 589. The van der Waals surface area contributed by atoms with Crippen LogP contribution >= 0.6 is 0 Å². The molecule has 3 rings (SSSR count). The van der Waals surface area contributed by atoms with Gasteiger partial charge < -0.3 is 5.32 Å². The van der Waals surface area contributed by atoms with Crippen molar-refractivity contribution >= 4 is 5.91 Å². The standard InChI is InChI=1S/C13H9N.C4H7NO/c14-10-11-6-8-13(9-7-11)12-4-2-1-3-5-12;6-4-2-1-3-5-4/h1-9H;1-3H2,(H,5,6). The van der Waals surface area contributed by atoms with E-state index in [0.29, 0.717) is 5.56 Å². The monoisotopic (exact) mass is 264 g/mol. The molecule has 2 aromatic carbocycles. The van der Waals surface area contributed by atoms with Crippen molar-refractivity contribution in [1.82, 2.24) is 5.32 Å². The third-order valence-corrected chi connectivity index (χ3v) is 3.02. The van der Waals surface area contributed by atoms with Gasteiger partial charge in [-0.05, 0) is 29.7 Å². The van der Waals surface area contributed by atoms with Gasteiger partial charge >= 0.3 is 0 Å². The van der Waals surface area contributed by atoms with E-state index >= 15 is 0 Å². The minimum absolute atomic E-state index is 0.204. The number of nitriles is 1. The number of nitrogens with zero attached hydrogens (tertiary/aromatic N) is 1. The molecule has 1 heterocycles. The number of nitrogens with one attached hydrogen (secondary N) is 1. The van der Waals surface area contributed by atoms with Gasteiger partial charge in [0.1, 0.15) is 0 Å². The second kappa shape index (κ2) is 7.10. The van der Waals surface area contributed by atoms with Crippen molar-refractivity contribution in [3.05, 3.63) is 60.2 Å². The molecule has 1 saturated heterocycles. The molecule has 1 aliphatic rings. The lowest BCUT2D eigenvalue weighted by atomic mass is 10.0. The summed E-state index contributed by atoms with van der Waals surface area (Å²) in [4.78, 5) is 10.1. The molecule has 1 aliphatic heterocycles. The molecule has 100 valence electrons. The summed E-state index contributed by atoms with van der Waals surface area (Å²) in [6, 6.07) is 19.8. The molecule has 3 nitrogen and oxygen atoms in total. The third kappa shape index (κ3) is 3.96. The minimum atomic E-state index is 0.204. The Morgan fingerprint density at radius 2 is 1.60 bits per heavy atom. The molecule has 0 saturated carbocycles. The summed E-state index contributed by atoms with van der Waals surface area (Å²) in [5.74, 6) is 0.204. The maximum atomic E-state index is 10.1. The first-order valence-electron chi connectivity index (χ1n) is 6.62. The molecule has 1 N–H and O–H groups in total. The number of hydrogen-bond acceptors (Lipinski definition) is 2. The Kier molecular flexibility index (Phi) is 4.91. The molecular weight excluding hydrogens is 248 g/mol. The molecule has 20 heavy (non-hydrogen) atoms. The van der Waals surface area contributed by atoms with Crippen LogP contribution in [0.3, 0.4) is 0 Å². The summed E-state index contributed by atoms with van der Waals surface area (Å²) in [7, 11) is 0. The zero-order valence-electron chi connectivity index (χ0n) is 11.2. The van der Waals surface area contributed by atoms with Crippen molar-refractivity contribution in [2.75, 3.05) is 6.54 Å². The molecule has 0 aliphatic carbocycles. The first kappa shape index (κ1) is 13.8. The number of rotatable bonds is 1. The highest BCUT2D eigenvalue weighted by Gasteiger charge is 2.05. The van der Waals surface area contributed by atoms with E-state index in [1.807, 2.05) is 42.5 Å². The van der Waals surface area contributed by atoms with Gasteiger partial charge in [0.15, 0.2) is 0 Å². The maximum Gasteiger partial charge on any atom is 0.220 e. The van der Waals surface area contributed by atoms with Crippen molar-refractivity contribution in [1.29, 1.82) is 5.26 Å². The quantitative estimate of drug-likeness (QED) is 0.860. The zero-order valence-corrected chi connectivity index (χ0v) is 11.2. The smallest absolute Gasteiger partial charge is 0.220 e. The van der Waals surface area contributed by atoms with Gasteiger partial charge in [0.05, 0.1) is 11.6 Å². The fourth-order valence-corrected chi connectivity index (χ4v) is 1.93. The molecule has 1 fully saturated rings. The predicted molar refractivity (Wildman–Crippen MR) is 78.8 cm³/mol. The first-order chi connectivity index (χ1) is 9.79. The second-order valence-corrected chi connectivity index (χ2v) is 4.51. The normalized spacial score (nSPS) is 12.8. The van der Waals surface area contributed by atoms with E-state index in [0.717, 1.165) is 24.9 Å². The highest BCUT2D eigenvalue weighted by Crippen LogP contribution is 2.18. The summed E-state index contributed by atoms with van der Waals surface area (Å²) in [6.45, 7) is 0.888. The summed E-state index contributed by atoms with van der Waals surface area (Å²) >= 11 is 0. The van der Waals surface area contributed by atoms with E-state index in [1.165, 1.54) is 5.56 Å². The van der Waals surface area contributed by atoms with E-state index in [2.05, 4.69) is 23.5 Å². The number of carbonyl (C=O) groups is 1. The Balaban J connectivity index is 0.000000205. The second-order valence-electron chi connectivity index (χ2n) is 4.51. The van der Waals surface area contributed by atoms with Gasteiger partial charge in [0.25, 0.3) is 0 Å². The fourth-order valence-electron chi connectivity index (χ4n) is 1.93. The third-order valence-electron chi connectivity index (χ3n) is 3.02. The summed E-state index contributed by atoms with van der Waals surface area (Å²) < 4.78 is 0. The van der Waals surface area contributed by atoms with E-state index in [1.54, 1.807) is 0 Å². The number of benzene rings is 2. The number of amides is 1. The van der Waals surface area contributed by atoms with Crippen LogP contribution in [-0.2, 0) is 4.79 Å². The highest BCUT2D eigenvalue weighted by atomic mass is 16.1. The Morgan fingerprint density at radius 3 is 2.05 bits per heavy atom. The van der Waals surface area contributed by atoms with Crippen LogP contribution in [0.15, 0.2) is 54.6 Å². The summed E-state index contributed by atoms with van der Waals surface area (Å²) in [5, 5.41) is 11.3. The van der Waals surface area contributed by atoms with E-state index in [4.69, 9.17) is 5.26 Å². The lowest BCUT2D eigenvalue weighted by Gasteiger charge is -1.99. The topological polar surface area (TPSA) is 52.9 Å². The van der Waals surface area contributed by atoms with E-state index < -0.39 is 0 Å². The largest absolute Gasteiger partial charge is 0.356 e. The van der Waals surface area contributed by atoms with Crippen molar-refractivity contribution in [2.24, 2.45) is 0 Å². The zero-order chi connectivity index (χ0) is 14.2. The van der Waals surface area contributed by atoms with Crippen molar-refractivity contribution in [2.45, 2.75) is 12.8 Å². The van der Waals surface area contributed by atoms with Crippen LogP contribution in [0.25, 0.3) is 11.1 Å². The maximum absolute atomic E-state index is 10.1. The number of carbonyl (C=O) groups excluding carboxylic acids is 1. The summed E-state index contributed by atoms with van der Waals surface area (Å²) in [5.41, 5.74) is 3.02. The van der Waals surface area contributed by atoms with Gasteiger partial charge in [0, 0.05) is 13.0 Å². The van der Waals surface area contributed by atoms with Crippen LogP contribution in [0.2, 0.25) is 0 Å². The van der Waals surface area contributed by atoms with Crippen LogP contribution in [0, 0.1) is 11.3 Å². The average molecular weight is 264 g/mol. The highest BCUT2D eigenvalue weighted by molar-refractivity contribution is 5.77. The average Bonchev–Trinajstić information content (AvgIpc) is 3.00. The van der Waals surface area contributed by atoms with E-state index in [-0.39, 0.29) is 5.91 Å². The first-order valence-corrected chi connectivity index (χ1v) is 6.62. The number of hydrogen-bond donors (Lipinski definition) is 1. The molecule has 1 amide bonds. The molecule has 0 unspecified atom stereocenters. The van der Waals surface area contributed by atoms with Crippen LogP contribution in [0.4, 0.5) is 0 Å². The van der Waals surface area contributed by atoms with Crippen molar-refractivity contribution in [3.8, 4) is 17.2 Å². The van der Waals surface area contributed by atoms with Crippen LogP contribution in [0.5, 0.6) is 0 Å². The van der Waals surface area contributed by atoms with Gasteiger partial charge in [0.2, 0.25) is 5.91 Å². The van der Waals surface area contributed by atoms with Crippen molar-refractivity contribution in [3.63, 3.8) is 0 Å². The molecule has 0 radical (unpaired) electrons. The molecule has 2 aromatic rings. The van der Waals surface area contributed by atoms with Gasteiger partial charge in [-0.25, -0.2) is 0 Å². The molecule has 0 atom stereocenters. The molecule has 0 aromatic heterocycles. The van der Waals surface area contributed by atoms with Gasteiger partial charge in [-0.3, -0.25) is 4.79 Å². The lowest BCUT2D eigenvalue weighted by molar-refractivity contribution is -0.119. The van der Waals surface area contributed by atoms with Crippen LogP contribution in [0.1, 0.15) is 18.4 Å². The Morgan fingerprint density at radius 1 is 0.950 bits per heavy atom. The lowest BCUT2D eigenvalue weighted by Crippen LogP contribution is -2.12. The van der Waals surface area contributed by atoms with Gasteiger partial charge in [-0.1, -0.05) is 42.5 Å². The van der Waals surface area contributed by atoms with Crippen molar-refractivity contribution < 1.29 is 4.79 Å².